The first-order valence-electron chi connectivity index (χ1n) is 3.67. The van der Waals surface area contributed by atoms with Gasteiger partial charge in [0.2, 0.25) is 0 Å². The van der Waals surface area contributed by atoms with E-state index in [1.54, 1.807) is 11.3 Å². The van der Waals surface area contributed by atoms with Gasteiger partial charge in [0.05, 0.1) is 0 Å². The van der Waals surface area contributed by atoms with Crippen molar-refractivity contribution >= 4 is 56.4 Å². The van der Waals surface area contributed by atoms with Crippen LogP contribution in [-0.2, 0) is 6.54 Å². The molecule has 0 unspecified atom stereocenters. The number of fused-ring (bicyclic) bond motifs is 1. The molecule has 0 atom stereocenters. The molecule has 1 nitrogen and oxygen atoms in total. The van der Waals surface area contributed by atoms with Crippen LogP contribution in [-0.4, -0.2) is 0 Å². The lowest BCUT2D eigenvalue weighted by Gasteiger charge is -1.88. The topological polar surface area (TPSA) is 26.0 Å². The van der Waals surface area contributed by atoms with E-state index in [1.807, 2.05) is 0 Å². The normalized spacial score (nSPS) is 10.0. The van der Waals surface area contributed by atoms with E-state index in [0.29, 0.717) is 6.54 Å². The van der Waals surface area contributed by atoms with E-state index in [-0.39, 0.29) is 12.4 Å². The molecule has 2 aromatic rings. The summed E-state index contributed by atoms with van der Waals surface area (Å²) in [4.78, 5) is 1.26. The number of rotatable bonds is 1. The second-order valence-electron chi connectivity index (χ2n) is 2.60. The van der Waals surface area contributed by atoms with Gasteiger partial charge in [0.1, 0.15) is 0 Å². The lowest BCUT2D eigenvalue weighted by atomic mass is 10.2. The molecular weight excluding hydrogens is 317 g/mol. The molecule has 0 aliphatic heterocycles. The molecule has 0 bridgehead atoms. The van der Waals surface area contributed by atoms with E-state index in [4.69, 9.17) is 5.73 Å². The highest BCUT2D eigenvalue weighted by Gasteiger charge is 1.99. The fraction of sp³-hybridized carbons (Fsp3) is 0.111. The molecule has 0 aliphatic carbocycles. The fourth-order valence-corrected chi connectivity index (χ4v) is 2.61. The first-order valence-corrected chi connectivity index (χ1v) is 5.57. The summed E-state index contributed by atoms with van der Waals surface area (Å²) in [6, 6.07) is 8.63. The van der Waals surface area contributed by atoms with Gasteiger partial charge in [-0.25, -0.2) is 0 Å². The summed E-state index contributed by atoms with van der Waals surface area (Å²) in [6.07, 6.45) is 0. The maximum atomic E-state index is 5.56. The summed E-state index contributed by atoms with van der Waals surface area (Å²) < 4.78 is 2.61. The largest absolute Gasteiger partial charge is 0.326 e. The molecule has 0 amide bonds. The predicted octanol–water partition coefficient (Wildman–Crippen LogP) is 3.39. The van der Waals surface area contributed by atoms with Crippen molar-refractivity contribution in [1.29, 1.82) is 0 Å². The van der Waals surface area contributed by atoms with Crippen molar-refractivity contribution in [2.75, 3.05) is 0 Å². The Morgan fingerprint density at radius 2 is 2.08 bits per heavy atom. The first kappa shape index (κ1) is 11.2. The number of hydrogen-bond donors (Lipinski definition) is 1. The number of halogens is 2. The molecule has 0 fully saturated rings. The molecular formula is C9H9ClINS. The highest BCUT2D eigenvalue weighted by Crippen LogP contribution is 2.26. The molecule has 1 aromatic heterocycles. The van der Waals surface area contributed by atoms with E-state index in [0.717, 1.165) is 0 Å². The molecule has 0 saturated carbocycles. The quantitative estimate of drug-likeness (QED) is 0.799. The average molecular weight is 326 g/mol. The van der Waals surface area contributed by atoms with Crippen LogP contribution in [0.15, 0.2) is 24.3 Å². The van der Waals surface area contributed by atoms with E-state index in [1.165, 1.54) is 18.5 Å². The van der Waals surface area contributed by atoms with Crippen molar-refractivity contribution in [1.82, 2.24) is 0 Å². The van der Waals surface area contributed by atoms with Gasteiger partial charge in [-0.2, -0.15) is 0 Å². The number of benzene rings is 1. The highest BCUT2D eigenvalue weighted by atomic mass is 127. The van der Waals surface area contributed by atoms with Gasteiger partial charge in [-0.15, -0.1) is 23.7 Å². The molecule has 2 N–H and O–H groups in total. The molecule has 1 heterocycles. The van der Waals surface area contributed by atoms with E-state index >= 15 is 0 Å². The van der Waals surface area contributed by atoms with Crippen molar-refractivity contribution in [3.05, 3.63) is 32.7 Å². The first-order chi connectivity index (χ1) is 5.79. The Bertz CT molecular complexity index is 413. The Labute approximate surface area is 101 Å². The molecule has 4 heteroatoms. The zero-order chi connectivity index (χ0) is 8.55. The minimum Gasteiger partial charge on any atom is -0.326 e. The molecule has 0 aliphatic rings. The van der Waals surface area contributed by atoms with Gasteiger partial charge >= 0.3 is 0 Å². The van der Waals surface area contributed by atoms with Crippen LogP contribution in [0.25, 0.3) is 10.1 Å². The third kappa shape index (κ3) is 2.34. The minimum absolute atomic E-state index is 0. The Morgan fingerprint density at radius 1 is 1.31 bits per heavy atom. The van der Waals surface area contributed by atoms with Crippen LogP contribution in [0.4, 0.5) is 0 Å². The fourth-order valence-electron chi connectivity index (χ4n) is 1.17. The predicted molar refractivity (Wildman–Crippen MR) is 69.7 cm³/mol. The second kappa shape index (κ2) is 4.59. The number of nitrogens with two attached hydrogens (primary N) is 1. The van der Waals surface area contributed by atoms with Crippen LogP contribution in [0.2, 0.25) is 0 Å². The molecule has 0 saturated heterocycles. The zero-order valence-corrected chi connectivity index (χ0v) is 10.6. The molecule has 70 valence electrons. The maximum Gasteiger partial charge on any atom is 0.0346 e. The van der Waals surface area contributed by atoms with E-state index in [2.05, 4.69) is 46.9 Å². The smallest absolute Gasteiger partial charge is 0.0346 e. The molecule has 2 rings (SSSR count). The van der Waals surface area contributed by atoms with Crippen LogP contribution in [0, 0.1) is 3.57 Å². The lowest BCUT2D eigenvalue weighted by molar-refractivity contribution is 1.11. The second-order valence-corrected chi connectivity index (χ2v) is 5.01. The van der Waals surface area contributed by atoms with Crippen molar-refractivity contribution < 1.29 is 0 Å². The van der Waals surface area contributed by atoms with Gasteiger partial charge in [-0.05, 0) is 52.2 Å². The third-order valence-electron chi connectivity index (χ3n) is 1.73. The van der Waals surface area contributed by atoms with Crippen LogP contribution in [0.3, 0.4) is 0 Å². The van der Waals surface area contributed by atoms with Gasteiger partial charge in [-0.3, -0.25) is 0 Å². The molecule has 0 radical (unpaired) electrons. The molecule has 0 spiro atoms. The van der Waals surface area contributed by atoms with Gasteiger partial charge in [0.25, 0.3) is 0 Å². The summed E-state index contributed by atoms with van der Waals surface area (Å²) >= 11 is 4.10. The maximum absolute atomic E-state index is 5.56. The Balaban J connectivity index is 0.000000845. The zero-order valence-electron chi connectivity index (χ0n) is 6.79. The SMILES string of the molecule is Cl.NCc1cc2cc(I)ccc2s1. The van der Waals surface area contributed by atoms with Crippen LogP contribution in [0.1, 0.15) is 4.88 Å². The van der Waals surface area contributed by atoms with Gasteiger partial charge in [-0.1, -0.05) is 0 Å². The van der Waals surface area contributed by atoms with Crippen LogP contribution >= 0.6 is 46.3 Å². The monoisotopic (exact) mass is 325 g/mol. The van der Waals surface area contributed by atoms with Gasteiger partial charge in [0, 0.05) is 19.7 Å². The molecule has 1 aromatic carbocycles. The third-order valence-corrected chi connectivity index (χ3v) is 3.54. The average Bonchev–Trinajstić information content (AvgIpc) is 2.46. The Morgan fingerprint density at radius 3 is 2.77 bits per heavy atom. The molecule has 13 heavy (non-hydrogen) atoms. The lowest BCUT2D eigenvalue weighted by Crippen LogP contribution is -1.90. The Hall–Kier alpha value is 0.160. The van der Waals surface area contributed by atoms with E-state index in [9.17, 15) is 0 Å². The summed E-state index contributed by atoms with van der Waals surface area (Å²) in [7, 11) is 0. The summed E-state index contributed by atoms with van der Waals surface area (Å²) in [6.45, 7) is 0.649. The van der Waals surface area contributed by atoms with Crippen molar-refractivity contribution in [3.8, 4) is 0 Å². The minimum atomic E-state index is 0. The summed E-state index contributed by atoms with van der Waals surface area (Å²) in [5.41, 5.74) is 5.56. The standard InChI is InChI=1S/C9H8INS.ClH/c10-7-1-2-9-6(3-7)4-8(5-11)12-9;/h1-4H,5,11H2;1H. The number of hydrogen-bond acceptors (Lipinski definition) is 2. The Kier molecular flexibility index (Phi) is 3.97. The van der Waals surface area contributed by atoms with E-state index < -0.39 is 0 Å². The van der Waals surface area contributed by atoms with Crippen LogP contribution < -0.4 is 5.73 Å². The van der Waals surface area contributed by atoms with Gasteiger partial charge < -0.3 is 5.73 Å². The summed E-state index contributed by atoms with van der Waals surface area (Å²) in [5, 5.41) is 1.31. The highest BCUT2D eigenvalue weighted by molar-refractivity contribution is 14.1. The van der Waals surface area contributed by atoms with Crippen molar-refractivity contribution in [2.45, 2.75) is 6.54 Å². The van der Waals surface area contributed by atoms with Crippen molar-refractivity contribution in [3.63, 3.8) is 0 Å². The number of thiophene rings is 1. The van der Waals surface area contributed by atoms with Crippen molar-refractivity contribution in [2.24, 2.45) is 5.73 Å². The summed E-state index contributed by atoms with van der Waals surface area (Å²) in [5.74, 6) is 0. The van der Waals surface area contributed by atoms with Crippen LogP contribution in [0.5, 0.6) is 0 Å². The van der Waals surface area contributed by atoms with Gasteiger partial charge in [0.15, 0.2) is 0 Å².